The summed E-state index contributed by atoms with van der Waals surface area (Å²) in [6.07, 6.45) is 1.98. The third-order valence-electron chi connectivity index (χ3n) is 7.47. The van der Waals surface area contributed by atoms with Gasteiger partial charge in [0.15, 0.2) is 0 Å². The molecule has 0 amide bonds. The van der Waals surface area contributed by atoms with E-state index in [4.69, 9.17) is 4.98 Å². The Morgan fingerprint density at radius 1 is 0.606 bits per heavy atom. The number of pyridine rings is 1. The van der Waals surface area contributed by atoms with E-state index in [0.717, 1.165) is 5.69 Å². The Balaban J connectivity index is 1.54. The van der Waals surface area contributed by atoms with E-state index in [1.807, 2.05) is 6.20 Å². The van der Waals surface area contributed by atoms with Gasteiger partial charge < -0.3 is 0 Å². The maximum Gasteiger partial charge on any atom is 0.0749 e. The molecule has 0 spiro atoms. The zero-order valence-corrected chi connectivity index (χ0v) is 18.8. The second-order valence-corrected chi connectivity index (χ2v) is 9.64. The summed E-state index contributed by atoms with van der Waals surface area (Å²) in [6, 6.07) is 35.4. The Bertz CT molecular complexity index is 1740. The fourth-order valence-corrected chi connectivity index (χ4v) is 5.89. The van der Waals surface area contributed by atoms with Gasteiger partial charge in [-0.2, -0.15) is 0 Å². The predicted octanol–water partition coefficient (Wildman–Crippen LogP) is 8.51. The second kappa shape index (κ2) is 6.52. The van der Waals surface area contributed by atoms with Crippen LogP contribution in [0.1, 0.15) is 25.0 Å². The molecule has 7 rings (SSSR count). The van der Waals surface area contributed by atoms with Crippen LogP contribution in [0.5, 0.6) is 0 Å². The molecule has 1 aliphatic rings. The molecule has 5 aromatic carbocycles. The van der Waals surface area contributed by atoms with Crippen molar-refractivity contribution in [3.8, 4) is 22.4 Å². The smallest absolute Gasteiger partial charge is 0.0749 e. The summed E-state index contributed by atoms with van der Waals surface area (Å²) in [5.41, 5.74) is 7.55. The lowest BCUT2D eigenvalue weighted by Crippen LogP contribution is -2.16. The fourth-order valence-electron chi connectivity index (χ4n) is 5.89. The van der Waals surface area contributed by atoms with Crippen LogP contribution in [-0.2, 0) is 5.41 Å². The molecule has 0 saturated heterocycles. The Labute approximate surface area is 193 Å². The zero-order valence-electron chi connectivity index (χ0n) is 18.8. The van der Waals surface area contributed by atoms with E-state index < -0.39 is 0 Å². The monoisotopic (exact) mass is 421 g/mol. The number of aromatic nitrogens is 1. The van der Waals surface area contributed by atoms with Gasteiger partial charge >= 0.3 is 0 Å². The highest BCUT2D eigenvalue weighted by Gasteiger charge is 2.39. The van der Waals surface area contributed by atoms with E-state index in [9.17, 15) is 0 Å². The number of nitrogens with zero attached hydrogens (tertiary/aromatic N) is 1. The first kappa shape index (κ1) is 18.6. The minimum absolute atomic E-state index is 0.119. The molecule has 0 unspecified atom stereocenters. The summed E-state index contributed by atoms with van der Waals surface area (Å²) in [5, 5.41) is 7.71. The van der Waals surface area contributed by atoms with Crippen LogP contribution in [0.25, 0.3) is 54.7 Å². The first-order chi connectivity index (χ1) is 16.1. The van der Waals surface area contributed by atoms with Gasteiger partial charge in [-0.15, -0.1) is 0 Å². The van der Waals surface area contributed by atoms with Crippen LogP contribution < -0.4 is 0 Å². The first-order valence-corrected chi connectivity index (χ1v) is 11.6. The Morgan fingerprint density at radius 3 is 2.06 bits per heavy atom. The van der Waals surface area contributed by atoms with Gasteiger partial charge in [0.1, 0.15) is 0 Å². The standard InChI is InChI=1S/C32H23N/c1-32(2)28-16-15-21-8-4-6-10-25(21)29(28)26-17-18-33-31(30(26)32)23-14-13-22-12-11-20-7-3-5-9-24(20)27(22)19-23/h3-19H,1-2H3. The Morgan fingerprint density at radius 2 is 1.24 bits per heavy atom. The molecule has 0 saturated carbocycles. The van der Waals surface area contributed by atoms with Crippen molar-refractivity contribution in [3.63, 3.8) is 0 Å². The highest BCUT2D eigenvalue weighted by atomic mass is 14.7. The van der Waals surface area contributed by atoms with Crippen molar-refractivity contribution in [2.75, 3.05) is 0 Å². The van der Waals surface area contributed by atoms with Crippen molar-refractivity contribution in [1.82, 2.24) is 4.98 Å². The number of hydrogen-bond acceptors (Lipinski definition) is 1. The van der Waals surface area contributed by atoms with Crippen LogP contribution in [-0.4, -0.2) is 4.98 Å². The lowest BCUT2D eigenvalue weighted by Gasteiger charge is -2.24. The first-order valence-electron chi connectivity index (χ1n) is 11.6. The van der Waals surface area contributed by atoms with Crippen molar-refractivity contribution >= 4 is 32.3 Å². The van der Waals surface area contributed by atoms with Gasteiger partial charge in [-0.3, -0.25) is 4.98 Å². The zero-order chi connectivity index (χ0) is 22.2. The van der Waals surface area contributed by atoms with E-state index >= 15 is 0 Å². The van der Waals surface area contributed by atoms with E-state index in [0.29, 0.717) is 0 Å². The summed E-state index contributed by atoms with van der Waals surface area (Å²) >= 11 is 0. The average Bonchev–Trinajstić information content (AvgIpc) is 3.11. The van der Waals surface area contributed by atoms with E-state index in [2.05, 4.69) is 111 Å². The predicted molar refractivity (Wildman–Crippen MR) is 140 cm³/mol. The lowest BCUT2D eigenvalue weighted by molar-refractivity contribution is 0.660. The van der Waals surface area contributed by atoms with Gasteiger partial charge in [-0.1, -0.05) is 98.8 Å². The van der Waals surface area contributed by atoms with Crippen LogP contribution in [0.2, 0.25) is 0 Å². The number of rotatable bonds is 1. The van der Waals surface area contributed by atoms with Gasteiger partial charge in [-0.25, -0.2) is 0 Å². The summed E-state index contributed by atoms with van der Waals surface area (Å²) < 4.78 is 0. The Hall–Kier alpha value is -3.97. The summed E-state index contributed by atoms with van der Waals surface area (Å²) in [5.74, 6) is 0. The van der Waals surface area contributed by atoms with Gasteiger partial charge in [-0.05, 0) is 66.7 Å². The Kier molecular flexibility index (Phi) is 3.67. The summed E-state index contributed by atoms with van der Waals surface area (Å²) in [7, 11) is 0. The molecule has 0 aliphatic heterocycles. The molecule has 156 valence electrons. The van der Waals surface area contributed by atoms with Gasteiger partial charge in [0, 0.05) is 17.2 Å². The number of fused-ring (bicyclic) bond motifs is 8. The van der Waals surface area contributed by atoms with Gasteiger partial charge in [0.25, 0.3) is 0 Å². The fraction of sp³-hybridized carbons (Fsp3) is 0.0938. The van der Waals surface area contributed by atoms with Crippen molar-refractivity contribution in [2.45, 2.75) is 19.3 Å². The third-order valence-corrected chi connectivity index (χ3v) is 7.47. The lowest BCUT2D eigenvalue weighted by atomic mass is 9.80. The molecular weight excluding hydrogens is 398 g/mol. The minimum Gasteiger partial charge on any atom is -0.256 e. The average molecular weight is 422 g/mol. The molecule has 0 atom stereocenters. The molecule has 1 heteroatoms. The summed E-state index contributed by atoms with van der Waals surface area (Å²) in [6.45, 7) is 4.68. The topological polar surface area (TPSA) is 12.9 Å². The van der Waals surface area contributed by atoms with Gasteiger partial charge in [0.05, 0.1) is 5.69 Å². The van der Waals surface area contributed by atoms with Crippen LogP contribution in [0.15, 0.2) is 103 Å². The van der Waals surface area contributed by atoms with Crippen molar-refractivity contribution < 1.29 is 0 Å². The molecule has 33 heavy (non-hydrogen) atoms. The highest BCUT2D eigenvalue weighted by Crippen LogP contribution is 2.53. The van der Waals surface area contributed by atoms with Crippen LogP contribution in [0.4, 0.5) is 0 Å². The van der Waals surface area contributed by atoms with E-state index in [-0.39, 0.29) is 5.41 Å². The number of hydrogen-bond donors (Lipinski definition) is 0. The second-order valence-electron chi connectivity index (χ2n) is 9.64. The van der Waals surface area contributed by atoms with Gasteiger partial charge in [0.2, 0.25) is 0 Å². The minimum atomic E-state index is -0.119. The van der Waals surface area contributed by atoms with Crippen molar-refractivity contribution in [3.05, 3.63) is 114 Å². The van der Waals surface area contributed by atoms with E-state index in [1.54, 1.807) is 0 Å². The molecule has 1 nitrogen and oxygen atoms in total. The highest BCUT2D eigenvalue weighted by molar-refractivity contribution is 6.09. The largest absolute Gasteiger partial charge is 0.256 e. The van der Waals surface area contributed by atoms with E-state index in [1.165, 1.54) is 60.1 Å². The molecule has 0 fully saturated rings. The normalized spacial score (nSPS) is 14.0. The van der Waals surface area contributed by atoms with Crippen molar-refractivity contribution in [2.24, 2.45) is 0 Å². The molecular formula is C32H23N. The molecule has 0 N–H and O–H groups in total. The quantitative estimate of drug-likeness (QED) is 0.242. The molecule has 0 radical (unpaired) electrons. The molecule has 1 heterocycles. The summed E-state index contributed by atoms with van der Waals surface area (Å²) in [4.78, 5) is 4.97. The number of benzene rings is 5. The maximum atomic E-state index is 4.97. The SMILES string of the molecule is CC1(C)c2ccc3ccccc3c2-c2ccnc(-c3ccc4ccc5ccccc5c4c3)c21. The molecule has 0 bridgehead atoms. The van der Waals surface area contributed by atoms with Crippen LogP contribution in [0.3, 0.4) is 0 Å². The molecule has 6 aromatic rings. The molecule has 1 aliphatic carbocycles. The van der Waals surface area contributed by atoms with Crippen LogP contribution >= 0.6 is 0 Å². The molecule has 1 aromatic heterocycles. The maximum absolute atomic E-state index is 4.97. The third kappa shape index (κ3) is 2.51. The van der Waals surface area contributed by atoms with Crippen molar-refractivity contribution in [1.29, 1.82) is 0 Å². The van der Waals surface area contributed by atoms with Crippen LogP contribution in [0, 0.1) is 0 Å².